The Morgan fingerprint density at radius 2 is 2.35 bits per heavy atom. The Morgan fingerprint density at radius 3 is 3.12 bits per heavy atom. The highest BCUT2D eigenvalue weighted by Crippen LogP contribution is 2.14. The van der Waals surface area contributed by atoms with Crippen LogP contribution < -0.4 is 10.9 Å². The fourth-order valence-electron chi connectivity index (χ4n) is 2.06. The number of aryl methyl sites for hydroxylation is 1. The minimum Gasteiger partial charge on any atom is -0.331 e. The smallest absolute Gasteiger partial charge is 0.255 e. The van der Waals surface area contributed by atoms with Crippen molar-refractivity contribution in [3.05, 3.63) is 34.1 Å². The SMILES string of the molecule is Cn1cncc1-c1nc2c(c(=O)[nH]1)CNCC2. The van der Waals surface area contributed by atoms with Crippen LogP contribution in [0.15, 0.2) is 17.3 Å². The molecule has 1 aliphatic heterocycles. The fourth-order valence-corrected chi connectivity index (χ4v) is 2.06. The van der Waals surface area contributed by atoms with Gasteiger partial charge in [-0.2, -0.15) is 0 Å². The van der Waals surface area contributed by atoms with E-state index in [2.05, 4.69) is 20.3 Å². The summed E-state index contributed by atoms with van der Waals surface area (Å²) >= 11 is 0. The van der Waals surface area contributed by atoms with Gasteiger partial charge in [-0.05, 0) is 0 Å². The van der Waals surface area contributed by atoms with E-state index in [9.17, 15) is 4.79 Å². The largest absolute Gasteiger partial charge is 0.331 e. The van der Waals surface area contributed by atoms with Crippen LogP contribution in [0.3, 0.4) is 0 Å². The Kier molecular flexibility index (Phi) is 2.29. The van der Waals surface area contributed by atoms with Crippen LogP contribution in [0.4, 0.5) is 0 Å². The Labute approximate surface area is 97.7 Å². The standard InChI is InChI=1S/C11H13N5O/c1-16-6-13-5-9(16)10-14-8-2-3-12-4-7(8)11(17)15-10/h5-6,12H,2-4H2,1H3,(H,14,15,17). The van der Waals surface area contributed by atoms with Gasteiger partial charge in [0.1, 0.15) is 5.69 Å². The van der Waals surface area contributed by atoms with Crippen molar-refractivity contribution in [1.82, 2.24) is 24.8 Å². The number of H-pyrrole nitrogens is 1. The van der Waals surface area contributed by atoms with E-state index in [1.807, 2.05) is 11.6 Å². The van der Waals surface area contributed by atoms with E-state index in [0.29, 0.717) is 12.4 Å². The van der Waals surface area contributed by atoms with Gasteiger partial charge in [-0.15, -0.1) is 0 Å². The Morgan fingerprint density at radius 1 is 1.47 bits per heavy atom. The summed E-state index contributed by atoms with van der Waals surface area (Å²) in [6.45, 7) is 1.47. The van der Waals surface area contributed by atoms with E-state index >= 15 is 0 Å². The van der Waals surface area contributed by atoms with E-state index in [-0.39, 0.29) is 5.56 Å². The molecule has 0 unspecified atom stereocenters. The number of imidazole rings is 1. The highest BCUT2D eigenvalue weighted by molar-refractivity contribution is 5.49. The molecule has 3 rings (SSSR count). The molecule has 2 N–H and O–H groups in total. The summed E-state index contributed by atoms with van der Waals surface area (Å²) in [6.07, 6.45) is 4.19. The number of aromatic amines is 1. The number of hydrogen-bond donors (Lipinski definition) is 2. The van der Waals surface area contributed by atoms with Crippen molar-refractivity contribution in [2.24, 2.45) is 7.05 Å². The van der Waals surface area contributed by atoms with E-state index in [0.717, 1.165) is 29.9 Å². The maximum Gasteiger partial charge on any atom is 0.255 e. The molecular weight excluding hydrogens is 218 g/mol. The van der Waals surface area contributed by atoms with Crippen LogP contribution in [0.25, 0.3) is 11.5 Å². The minimum atomic E-state index is -0.0570. The second kappa shape index (κ2) is 3.81. The van der Waals surface area contributed by atoms with Crippen molar-refractivity contribution in [3.63, 3.8) is 0 Å². The summed E-state index contributed by atoms with van der Waals surface area (Å²) in [7, 11) is 1.88. The number of fused-ring (bicyclic) bond motifs is 1. The molecule has 2 aromatic heterocycles. The number of nitrogens with one attached hydrogen (secondary N) is 2. The number of rotatable bonds is 1. The fraction of sp³-hybridized carbons (Fsp3) is 0.364. The maximum atomic E-state index is 11.9. The lowest BCUT2D eigenvalue weighted by Gasteiger charge is -2.15. The van der Waals surface area contributed by atoms with Gasteiger partial charge in [0.05, 0.1) is 23.8 Å². The van der Waals surface area contributed by atoms with Gasteiger partial charge < -0.3 is 14.9 Å². The molecule has 17 heavy (non-hydrogen) atoms. The Bertz CT molecular complexity index is 613. The molecule has 2 aromatic rings. The van der Waals surface area contributed by atoms with E-state index in [1.54, 1.807) is 12.5 Å². The molecule has 0 amide bonds. The van der Waals surface area contributed by atoms with E-state index in [1.165, 1.54) is 0 Å². The van der Waals surface area contributed by atoms with Gasteiger partial charge in [-0.3, -0.25) is 4.79 Å². The zero-order chi connectivity index (χ0) is 11.8. The van der Waals surface area contributed by atoms with Crippen molar-refractivity contribution in [2.75, 3.05) is 6.54 Å². The van der Waals surface area contributed by atoms with Crippen LogP contribution in [-0.4, -0.2) is 26.1 Å². The number of aromatic nitrogens is 4. The maximum absolute atomic E-state index is 11.9. The zero-order valence-electron chi connectivity index (χ0n) is 9.53. The third kappa shape index (κ3) is 1.66. The molecule has 0 atom stereocenters. The van der Waals surface area contributed by atoms with Gasteiger partial charge in [-0.25, -0.2) is 9.97 Å². The molecule has 1 aliphatic rings. The minimum absolute atomic E-state index is 0.0570. The summed E-state index contributed by atoms with van der Waals surface area (Å²) in [6, 6.07) is 0. The predicted molar refractivity (Wildman–Crippen MR) is 62.5 cm³/mol. The summed E-state index contributed by atoms with van der Waals surface area (Å²) < 4.78 is 1.84. The van der Waals surface area contributed by atoms with Crippen molar-refractivity contribution in [1.29, 1.82) is 0 Å². The van der Waals surface area contributed by atoms with E-state index in [4.69, 9.17) is 0 Å². The Hall–Kier alpha value is -1.95. The van der Waals surface area contributed by atoms with Crippen LogP contribution >= 0.6 is 0 Å². The molecular formula is C11H13N5O. The summed E-state index contributed by atoms with van der Waals surface area (Å²) in [4.78, 5) is 23.3. The van der Waals surface area contributed by atoms with Crippen molar-refractivity contribution in [3.8, 4) is 11.5 Å². The molecule has 0 fully saturated rings. The molecule has 0 radical (unpaired) electrons. The van der Waals surface area contributed by atoms with Crippen LogP contribution in [0.5, 0.6) is 0 Å². The summed E-state index contributed by atoms with van der Waals surface area (Å²) in [5.74, 6) is 0.593. The van der Waals surface area contributed by atoms with Gasteiger partial charge >= 0.3 is 0 Å². The van der Waals surface area contributed by atoms with Gasteiger partial charge in [0.15, 0.2) is 5.82 Å². The second-order valence-corrected chi connectivity index (χ2v) is 4.16. The third-order valence-corrected chi connectivity index (χ3v) is 3.00. The highest BCUT2D eigenvalue weighted by Gasteiger charge is 2.16. The van der Waals surface area contributed by atoms with E-state index < -0.39 is 0 Å². The number of hydrogen-bond acceptors (Lipinski definition) is 4. The van der Waals surface area contributed by atoms with Crippen molar-refractivity contribution < 1.29 is 0 Å². The topological polar surface area (TPSA) is 75.6 Å². The highest BCUT2D eigenvalue weighted by atomic mass is 16.1. The van der Waals surface area contributed by atoms with Crippen LogP contribution in [0, 0.1) is 0 Å². The first kappa shape index (κ1) is 10.2. The van der Waals surface area contributed by atoms with Gasteiger partial charge in [0.25, 0.3) is 5.56 Å². The number of nitrogens with zero attached hydrogens (tertiary/aromatic N) is 3. The lowest BCUT2D eigenvalue weighted by atomic mass is 10.1. The van der Waals surface area contributed by atoms with Crippen molar-refractivity contribution >= 4 is 0 Å². The van der Waals surface area contributed by atoms with Crippen LogP contribution in [-0.2, 0) is 20.0 Å². The van der Waals surface area contributed by atoms with Crippen molar-refractivity contribution in [2.45, 2.75) is 13.0 Å². The first-order chi connectivity index (χ1) is 8.25. The molecule has 0 aromatic carbocycles. The lowest BCUT2D eigenvalue weighted by molar-refractivity contribution is 0.621. The third-order valence-electron chi connectivity index (χ3n) is 3.00. The normalized spacial score (nSPS) is 14.6. The molecule has 0 saturated heterocycles. The molecule has 6 nitrogen and oxygen atoms in total. The Balaban J connectivity index is 2.17. The summed E-state index contributed by atoms with van der Waals surface area (Å²) in [5, 5.41) is 3.17. The van der Waals surface area contributed by atoms with Crippen LogP contribution in [0.2, 0.25) is 0 Å². The molecule has 0 bridgehead atoms. The summed E-state index contributed by atoms with van der Waals surface area (Å²) in [5.41, 5.74) is 2.41. The molecule has 3 heterocycles. The van der Waals surface area contributed by atoms with Crippen LogP contribution in [0.1, 0.15) is 11.3 Å². The second-order valence-electron chi connectivity index (χ2n) is 4.16. The first-order valence-corrected chi connectivity index (χ1v) is 5.55. The van der Waals surface area contributed by atoms with Gasteiger partial charge in [-0.1, -0.05) is 0 Å². The molecule has 88 valence electrons. The monoisotopic (exact) mass is 231 g/mol. The van der Waals surface area contributed by atoms with Gasteiger partial charge in [0, 0.05) is 26.6 Å². The van der Waals surface area contributed by atoms with Gasteiger partial charge in [0.2, 0.25) is 0 Å². The average molecular weight is 231 g/mol. The molecule has 0 spiro atoms. The molecule has 0 aliphatic carbocycles. The predicted octanol–water partition coefficient (Wildman–Crippen LogP) is -0.184. The molecule has 0 saturated carbocycles. The first-order valence-electron chi connectivity index (χ1n) is 5.55. The quantitative estimate of drug-likeness (QED) is 0.713. The lowest BCUT2D eigenvalue weighted by Crippen LogP contribution is -2.31. The molecule has 6 heteroatoms. The average Bonchev–Trinajstić information content (AvgIpc) is 2.75. The zero-order valence-corrected chi connectivity index (χ0v) is 9.53.